The van der Waals surface area contributed by atoms with E-state index in [9.17, 15) is 19.9 Å². The molecule has 0 aliphatic rings. The molecule has 0 aromatic carbocycles. The summed E-state index contributed by atoms with van der Waals surface area (Å²) in [6.45, 7) is 2.62. The molecule has 0 saturated heterocycles. The Hall–Kier alpha value is -0.0100. The van der Waals surface area contributed by atoms with Gasteiger partial charge in [0, 0.05) is 12.2 Å². The van der Waals surface area contributed by atoms with Gasteiger partial charge in [-0.05, 0) is 0 Å². The number of hydrogen-bond donors (Lipinski definition) is 6. The molecule has 0 rings (SSSR count). The Kier molecular flexibility index (Phi) is 8.15. The molecule has 0 spiro atoms. The fraction of sp³-hybridized carbons (Fsp3) is 1.00. The quantitative estimate of drug-likeness (QED) is 0.279. The van der Waals surface area contributed by atoms with Crippen LogP contribution >= 0.6 is 7.95 Å². The lowest BCUT2D eigenvalue weighted by Gasteiger charge is -2.25. The maximum atomic E-state index is 11.4. The zero-order chi connectivity index (χ0) is 13.6. The summed E-state index contributed by atoms with van der Waals surface area (Å²) in [5.74, 6) is 0. The third kappa shape index (κ3) is 5.92. The van der Waals surface area contributed by atoms with Gasteiger partial charge in [0.25, 0.3) is 0 Å². The van der Waals surface area contributed by atoms with E-state index in [0.29, 0.717) is 0 Å². The normalized spacial score (nSPS) is 20.9. The van der Waals surface area contributed by atoms with Crippen molar-refractivity contribution in [3.63, 3.8) is 0 Å². The maximum absolute atomic E-state index is 11.4. The molecule has 0 radical (unpaired) electrons. The van der Waals surface area contributed by atoms with Crippen LogP contribution in [-0.4, -0.2) is 68.8 Å². The lowest BCUT2D eigenvalue weighted by molar-refractivity contribution is -0.113. The summed E-state index contributed by atoms with van der Waals surface area (Å²) in [6, 6.07) is 0. The molecule has 0 heterocycles. The van der Waals surface area contributed by atoms with E-state index in [1.807, 2.05) is 0 Å². The molecule has 0 fully saturated rings. The zero-order valence-electron chi connectivity index (χ0n) is 9.95. The molecule has 7 nitrogen and oxygen atoms in total. The molecule has 1 unspecified atom stereocenters. The van der Waals surface area contributed by atoms with E-state index < -0.39 is 39.0 Å². The average molecular weight is 271 g/mol. The average Bonchev–Trinajstić information content (AvgIpc) is 2.32. The standard InChI is InChI=1S/C9H22NO6P/c1-5(2)17(16)10-3-6(12)8(14)9(15)7(13)4-11/h5-9,11-15,17H,3-4H2,1-2H3,(H,10,16)/t6-,7+,8+,9+/m0/s1. The van der Waals surface area contributed by atoms with Gasteiger partial charge in [-0.25, -0.2) is 0 Å². The number of rotatable bonds is 8. The third-order valence-corrected chi connectivity index (χ3v) is 3.94. The molecular formula is C9H22NO6P. The van der Waals surface area contributed by atoms with Crippen molar-refractivity contribution < 1.29 is 30.1 Å². The van der Waals surface area contributed by atoms with Crippen molar-refractivity contribution in [1.29, 1.82) is 0 Å². The molecule has 0 aliphatic heterocycles. The van der Waals surface area contributed by atoms with Crippen LogP contribution < -0.4 is 5.09 Å². The Labute approximate surface area is 101 Å². The van der Waals surface area contributed by atoms with Gasteiger partial charge < -0.3 is 30.1 Å². The molecule has 8 heteroatoms. The minimum Gasteiger partial charge on any atom is -0.394 e. The van der Waals surface area contributed by atoms with Gasteiger partial charge >= 0.3 is 0 Å². The highest BCUT2D eigenvalue weighted by atomic mass is 31.1. The summed E-state index contributed by atoms with van der Waals surface area (Å²) < 4.78 is 11.4. The van der Waals surface area contributed by atoms with Gasteiger partial charge in [0.05, 0.1) is 12.7 Å². The summed E-state index contributed by atoms with van der Waals surface area (Å²) >= 11 is 0. The highest BCUT2D eigenvalue weighted by Crippen LogP contribution is 2.21. The maximum Gasteiger partial charge on any atom is 0.138 e. The molecule has 17 heavy (non-hydrogen) atoms. The number of aliphatic hydroxyl groups is 5. The zero-order valence-corrected chi connectivity index (χ0v) is 10.9. The highest BCUT2D eigenvalue weighted by molar-refractivity contribution is 7.43. The second-order valence-corrected chi connectivity index (χ2v) is 6.44. The SMILES string of the molecule is CC(C)[PH](=O)NC[C@H](O)[C@@H](O)[C@H](O)[C@H](O)CO. The summed E-state index contributed by atoms with van der Waals surface area (Å²) in [7, 11) is -2.05. The largest absolute Gasteiger partial charge is 0.394 e. The van der Waals surface area contributed by atoms with Crippen LogP contribution in [0.5, 0.6) is 0 Å². The van der Waals surface area contributed by atoms with Crippen LogP contribution in [0.15, 0.2) is 0 Å². The van der Waals surface area contributed by atoms with E-state index in [2.05, 4.69) is 5.09 Å². The lowest BCUT2D eigenvalue weighted by atomic mass is 10.0. The fourth-order valence-electron chi connectivity index (χ4n) is 1.09. The summed E-state index contributed by atoms with van der Waals surface area (Å²) in [5.41, 5.74) is -0.0719. The Balaban J connectivity index is 4.13. The Morgan fingerprint density at radius 2 is 1.53 bits per heavy atom. The minimum absolute atomic E-state index is 0.0719. The van der Waals surface area contributed by atoms with Gasteiger partial charge in [-0.1, -0.05) is 13.8 Å². The summed E-state index contributed by atoms with van der Waals surface area (Å²) in [5, 5.41) is 48.4. The first-order valence-corrected chi connectivity index (χ1v) is 6.90. The highest BCUT2D eigenvalue weighted by Gasteiger charge is 2.29. The van der Waals surface area contributed by atoms with Gasteiger partial charge in [0.15, 0.2) is 0 Å². The predicted octanol–water partition coefficient (Wildman–Crippen LogP) is -2.10. The van der Waals surface area contributed by atoms with E-state index in [1.165, 1.54) is 0 Å². The Morgan fingerprint density at radius 1 is 1.06 bits per heavy atom. The predicted molar refractivity (Wildman–Crippen MR) is 63.3 cm³/mol. The van der Waals surface area contributed by atoms with Crippen LogP contribution in [0.4, 0.5) is 0 Å². The second-order valence-electron chi connectivity index (χ2n) is 4.20. The second kappa shape index (κ2) is 8.16. The number of nitrogens with one attached hydrogen (secondary N) is 1. The molecule has 0 bridgehead atoms. The van der Waals surface area contributed by atoms with E-state index in [1.54, 1.807) is 13.8 Å². The Bertz CT molecular complexity index is 240. The van der Waals surface area contributed by atoms with Crippen LogP contribution in [0.3, 0.4) is 0 Å². The van der Waals surface area contributed by atoms with E-state index >= 15 is 0 Å². The van der Waals surface area contributed by atoms with Crippen molar-refractivity contribution in [2.24, 2.45) is 0 Å². The topological polar surface area (TPSA) is 130 Å². The Morgan fingerprint density at radius 3 is 1.94 bits per heavy atom. The molecule has 104 valence electrons. The third-order valence-electron chi connectivity index (χ3n) is 2.34. The van der Waals surface area contributed by atoms with Crippen molar-refractivity contribution >= 4 is 7.95 Å². The van der Waals surface area contributed by atoms with Gasteiger partial charge in [-0.2, -0.15) is 0 Å². The number of aliphatic hydroxyl groups excluding tert-OH is 5. The molecular weight excluding hydrogens is 249 g/mol. The van der Waals surface area contributed by atoms with Crippen molar-refractivity contribution in [2.45, 2.75) is 43.9 Å². The molecule has 5 atom stereocenters. The molecule has 0 aliphatic carbocycles. The van der Waals surface area contributed by atoms with E-state index in [0.717, 1.165) is 0 Å². The van der Waals surface area contributed by atoms with Crippen LogP contribution in [0.25, 0.3) is 0 Å². The van der Waals surface area contributed by atoms with Gasteiger partial charge in [-0.15, -0.1) is 0 Å². The van der Waals surface area contributed by atoms with E-state index in [-0.39, 0.29) is 12.2 Å². The van der Waals surface area contributed by atoms with Crippen LogP contribution in [0, 0.1) is 0 Å². The molecule has 0 amide bonds. The smallest absolute Gasteiger partial charge is 0.138 e. The first-order valence-electron chi connectivity index (χ1n) is 5.42. The number of hydrogen-bond acceptors (Lipinski definition) is 6. The van der Waals surface area contributed by atoms with Crippen LogP contribution in [-0.2, 0) is 4.57 Å². The fourth-order valence-corrected chi connectivity index (χ4v) is 1.91. The van der Waals surface area contributed by atoms with Crippen molar-refractivity contribution in [2.75, 3.05) is 13.2 Å². The molecule has 6 N–H and O–H groups in total. The van der Waals surface area contributed by atoms with Crippen molar-refractivity contribution in [3.05, 3.63) is 0 Å². The minimum atomic E-state index is -2.05. The van der Waals surface area contributed by atoms with Crippen LogP contribution in [0.1, 0.15) is 13.8 Å². The van der Waals surface area contributed by atoms with Crippen molar-refractivity contribution in [3.8, 4) is 0 Å². The lowest BCUT2D eigenvalue weighted by Crippen LogP contribution is -2.48. The molecule has 0 aromatic heterocycles. The monoisotopic (exact) mass is 271 g/mol. The van der Waals surface area contributed by atoms with Gasteiger partial charge in [0.2, 0.25) is 0 Å². The molecule has 0 saturated carbocycles. The first kappa shape index (κ1) is 17.0. The van der Waals surface area contributed by atoms with Gasteiger partial charge in [-0.3, -0.25) is 5.09 Å². The molecule has 0 aromatic rings. The first-order chi connectivity index (χ1) is 7.81. The summed E-state index contributed by atoms with van der Waals surface area (Å²) in [4.78, 5) is 0. The van der Waals surface area contributed by atoms with Gasteiger partial charge in [0.1, 0.15) is 26.3 Å². The van der Waals surface area contributed by atoms with E-state index in [4.69, 9.17) is 10.2 Å². The van der Waals surface area contributed by atoms with Crippen LogP contribution in [0.2, 0.25) is 0 Å². The summed E-state index contributed by atoms with van der Waals surface area (Å²) in [6.07, 6.45) is -6.18. The van der Waals surface area contributed by atoms with Crippen molar-refractivity contribution in [1.82, 2.24) is 5.09 Å².